The molecule has 2 amide bonds. The Bertz CT molecular complexity index is 1610. The molecule has 0 spiro atoms. The molecule has 1 saturated heterocycles. The fraction of sp³-hybridized carbons (Fsp3) is 0.423. The molecule has 9 nitrogen and oxygen atoms in total. The van der Waals surface area contributed by atoms with Crippen molar-refractivity contribution >= 4 is 56.4 Å². The lowest BCUT2D eigenvalue weighted by Gasteiger charge is -2.56. The average molecular weight is 635 g/mol. The monoisotopic (exact) mass is 633 g/mol. The van der Waals surface area contributed by atoms with E-state index in [1.807, 2.05) is 0 Å². The lowest BCUT2D eigenvalue weighted by atomic mass is 9.88. The second kappa shape index (κ2) is 10.1. The normalized spacial score (nSPS) is 21.2. The molecular formula is C26H28Cl2F3N5O4S. The maximum absolute atomic E-state index is 13.6. The third-order valence-corrected chi connectivity index (χ3v) is 11.2. The molecule has 3 N–H and O–H groups in total. The van der Waals surface area contributed by atoms with Crippen LogP contribution < -0.4 is 16.0 Å². The van der Waals surface area contributed by atoms with Gasteiger partial charge in [-0.05, 0) is 65.3 Å². The summed E-state index contributed by atoms with van der Waals surface area (Å²) in [4.78, 5) is 27.0. The van der Waals surface area contributed by atoms with Gasteiger partial charge in [0.15, 0.2) is 15.5 Å². The van der Waals surface area contributed by atoms with E-state index in [9.17, 15) is 31.2 Å². The lowest BCUT2D eigenvalue weighted by molar-refractivity contribution is -0.141. The Morgan fingerprint density at radius 1 is 1.07 bits per heavy atom. The van der Waals surface area contributed by atoms with Crippen molar-refractivity contribution in [3.05, 3.63) is 62.9 Å². The molecule has 2 aromatic rings. The Kier molecular flexibility index (Phi) is 7.58. The van der Waals surface area contributed by atoms with E-state index < -0.39 is 54.8 Å². The number of carbonyl (C=O) groups excluding carboxylic acids is 2. The van der Waals surface area contributed by atoms with E-state index >= 15 is 0 Å². The van der Waals surface area contributed by atoms with E-state index in [1.54, 1.807) is 19.9 Å². The third-order valence-electron chi connectivity index (χ3n) is 7.40. The summed E-state index contributed by atoms with van der Waals surface area (Å²) >= 11 is 12.4. The van der Waals surface area contributed by atoms with Gasteiger partial charge in [-0.2, -0.15) is 18.3 Å². The molecular weight excluding hydrogens is 606 g/mol. The Morgan fingerprint density at radius 2 is 1.68 bits per heavy atom. The number of hydrogen-bond donors (Lipinski definition) is 3. The van der Waals surface area contributed by atoms with E-state index in [0.717, 1.165) is 4.68 Å². The molecule has 1 atom stereocenters. The molecule has 41 heavy (non-hydrogen) atoms. The van der Waals surface area contributed by atoms with Crippen LogP contribution in [0.25, 0.3) is 5.82 Å². The summed E-state index contributed by atoms with van der Waals surface area (Å²) in [7, 11) is -3.57. The predicted octanol–water partition coefficient (Wildman–Crippen LogP) is 5.11. The van der Waals surface area contributed by atoms with Crippen molar-refractivity contribution in [3.8, 4) is 0 Å². The highest BCUT2D eigenvalue weighted by molar-refractivity contribution is 7.95. The summed E-state index contributed by atoms with van der Waals surface area (Å²) < 4.78 is 64.6. The third kappa shape index (κ3) is 5.12. The van der Waals surface area contributed by atoms with Crippen molar-refractivity contribution in [1.29, 1.82) is 0 Å². The van der Waals surface area contributed by atoms with E-state index in [0.29, 0.717) is 11.6 Å². The Hall–Kier alpha value is -3.03. The van der Waals surface area contributed by atoms with Crippen molar-refractivity contribution in [1.82, 2.24) is 20.4 Å². The molecule has 0 radical (unpaired) electrons. The number of alkyl halides is 3. The SMILES string of the molecule is Cc1cc(Cl)cc(C(=O)NC2C(C)(C)S(=O)(=O)C2(C)C)c1NC(=O)c1cc(C(F)(F)F)nn1C1=C(Cl)C=CC(C)N1. The summed E-state index contributed by atoms with van der Waals surface area (Å²) in [6, 6.07) is 2.21. The molecule has 4 rings (SSSR count). The molecule has 0 aliphatic carbocycles. The summed E-state index contributed by atoms with van der Waals surface area (Å²) in [5, 5.41) is 11.9. The first-order valence-corrected chi connectivity index (χ1v) is 14.6. The number of sulfone groups is 1. The number of aromatic nitrogens is 2. The van der Waals surface area contributed by atoms with Crippen LogP contribution in [0.15, 0.2) is 35.4 Å². The molecule has 0 bridgehead atoms. The molecule has 2 aliphatic rings. The van der Waals surface area contributed by atoms with Crippen LogP contribution >= 0.6 is 23.2 Å². The second-order valence-corrected chi connectivity index (χ2v) is 15.0. The van der Waals surface area contributed by atoms with Crippen LogP contribution in [-0.4, -0.2) is 51.6 Å². The highest BCUT2D eigenvalue weighted by atomic mass is 35.5. The molecule has 2 aliphatic heterocycles. The summed E-state index contributed by atoms with van der Waals surface area (Å²) in [5.41, 5.74) is -1.63. The minimum atomic E-state index is -4.87. The van der Waals surface area contributed by atoms with Gasteiger partial charge < -0.3 is 16.0 Å². The Morgan fingerprint density at radius 3 is 2.27 bits per heavy atom. The van der Waals surface area contributed by atoms with Crippen LogP contribution in [0.4, 0.5) is 18.9 Å². The van der Waals surface area contributed by atoms with Crippen LogP contribution in [0.3, 0.4) is 0 Å². The summed E-state index contributed by atoms with van der Waals surface area (Å²) in [6.07, 6.45) is -1.71. The number of amides is 2. The average Bonchev–Trinajstić information content (AvgIpc) is 3.30. The van der Waals surface area contributed by atoms with Crippen LogP contribution in [0.2, 0.25) is 5.02 Å². The van der Waals surface area contributed by atoms with Crippen molar-refractivity contribution in [2.45, 2.75) is 69.3 Å². The van der Waals surface area contributed by atoms with Gasteiger partial charge in [-0.15, -0.1) is 0 Å². The van der Waals surface area contributed by atoms with Gasteiger partial charge in [0, 0.05) is 17.1 Å². The molecule has 1 fully saturated rings. The number of rotatable bonds is 5. The number of dihydropyridines is 1. The Balaban J connectivity index is 1.74. The number of aryl methyl sites for hydroxylation is 1. The van der Waals surface area contributed by atoms with Gasteiger partial charge in [0.2, 0.25) is 0 Å². The maximum Gasteiger partial charge on any atom is 0.435 e. The number of hydrogen-bond acceptors (Lipinski definition) is 6. The van der Waals surface area contributed by atoms with E-state index in [2.05, 4.69) is 21.0 Å². The van der Waals surface area contributed by atoms with Crippen LogP contribution in [0.1, 0.15) is 66.7 Å². The van der Waals surface area contributed by atoms with E-state index in [4.69, 9.17) is 23.2 Å². The van der Waals surface area contributed by atoms with E-state index in [-0.39, 0.29) is 33.2 Å². The molecule has 1 aromatic heterocycles. The number of carbonyl (C=O) groups is 2. The largest absolute Gasteiger partial charge is 0.435 e. The first-order chi connectivity index (χ1) is 18.7. The molecule has 1 unspecified atom stereocenters. The van der Waals surface area contributed by atoms with Crippen molar-refractivity contribution in [3.63, 3.8) is 0 Å². The van der Waals surface area contributed by atoms with Crippen LogP contribution in [0, 0.1) is 6.92 Å². The van der Waals surface area contributed by atoms with Crippen LogP contribution in [0.5, 0.6) is 0 Å². The van der Waals surface area contributed by atoms with Gasteiger partial charge >= 0.3 is 6.18 Å². The summed E-state index contributed by atoms with van der Waals surface area (Å²) in [5.74, 6) is -1.78. The van der Waals surface area contributed by atoms with Crippen molar-refractivity contribution in [2.24, 2.45) is 0 Å². The molecule has 15 heteroatoms. The second-order valence-electron chi connectivity index (χ2n) is 11.0. The van der Waals surface area contributed by atoms with Gasteiger partial charge in [-0.3, -0.25) is 9.59 Å². The standard InChI is InChI=1S/C26H28Cl2F3N5O4S/c1-12-9-14(27)10-15(21(37)34-23-24(3,4)41(39,40)25(23,5)6)19(12)33-22(38)17-11-18(26(29,30)31)35-36(17)20-16(28)8-7-13(2)32-20/h7-11,13,23,32H,1-6H3,(H,33,38)(H,34,37). The van der Waals surface area contributed by atoms with Gasteiger partial charge in [0.25, 0.3) is 11.8 Å². The smallest absolute Gasteiger partial charge is 0.363 e. The van der Waals surface area contributed by atoms with Gasteiger partial charge in [0.05, 0.1) is 31.8 Å². The Labute approximate surface area is 245 Å². The predicted molar refractivity (Wildman–Crippen MR) is 151 cm³/mol. The van der Waals surface area contributed by atoms with Gasteiger partial charge in [-0.25, -0.2) is 13.1 Å². The number of nitrogens with zero attached hydrogens (tertiary/aromatic N) is 2. The lowest BCUT2D eigenvalue weighted by Crippen LogP contribution is -2.77. The first kappa shape index (κ1) is 30.9. The zero-order valence-corrected chi connectivity index (χ0v) is 25.2. The number of nitrogens with one attached hydrogen (secondary N) is 3. The van der Waals surface area contributed by atoms with Crippen molar-refractivity contribution < 1.29 is 31.2 Å². The number of benzene rings is 1. The molecule has 3 heterocycles. The van der Waals surface area contributed by atoms with Crippen LogP contribution in [-0.2, 0) is 16.0 Å². The fourth-order valence-corrected chi connectivity index (χ4v) is 8.22. The summed E-state index contributed by atoms with van der Waals surface area (Å²) in [6.45, 7) is 9.27. The van der Waals surface area contributed by atoms with Gasteiger partial charge in [-0.1, -0.05) is 29.3 Å². The number of allylic oxidation sites excluding steroid dienone is 2. The van der Waals surface area contributed by atoms with Gasteiger partial charge in [0.1, 0.15) is 11.5 Å². The highest BCUT2D eigenvalue weighted by Crippen LogP contribution is 2.48. The first-order valence-electron chi connectivity index (χ1n) is 12.4. The number of halogens is 5. The maximum atomic E-state index is 13.6. The molecule has 0 saturated carbocycles. The molecule has 222 valence electrons. The molecule has 1 aromatic carbocycles. The topological polar surface area (TPSA) is 122 Å². The van der Waals surface area contributed by atoms with Crippen molar-refractivity contribution in [2.75, 3.05) is 5.32 Å². The quantitative estimate of drug-likeness (QED) is 0.420. The zero-order chi connectivity index (χ0) is 30.9. The minimum absolute atomic E-state index is 0.0254. The highest BCUT2D eigenvalue weighted by Gasteiger charge is 2.67. The number of anilines is 1. The minimum Gasteiger partial charge on any atom is -0.363 e. The van der Waals surface area contributed by atoms with E-state index in [1.165, 1.54) is 45.9 Å². The fourth-order valence-electron chi connectivity index (χ4n) is 5.24. The zero-order valence-electron chi connectivity index (χ0n) is 22.9.